The fourth-order valence-electron chi connectivity index (χ4n) is 2.08. The molecule has 0 radical (unpaired) electrons. The average Bonchev–Trinajstić information content (AvgIpc) is 2.46. The van der Waals surface area contributed by atoms with Gasteiger partial charge in [0.2, 0.25) is 5.55 Å². The van der Waals surface area contributed by atoms with E-state index in [1.807, 2.05) is 13.0 Å². The standard InChI is InChI=1S/C16H13N3O3/c1-9-3-2-4-14(18-9)19-16(21)12-7-10-5-6-11(20)8-13(10)22-15(12)17/h2-8,17,20H,1H3,(H,18,19,21). The number of nitrogens with one attached hydrogen (secondary N) is 2. The van der Waals surface area contributed by atoms with E-state index in [0.717, 1.165) is 5.69 Å². The number of carbonyl (C=O) groups excluding carboxylic acids is 1. The van der Waals surface area contributed by atoms with Crippen LogP contribution in [0.3, 0.4) is 0 Å². The van der Waals surface area contributed by atoms with Crippen molar-refractivity contribution in [2.45, 2.75) is 6.92 Å². The number of carbonyl (C=O) groups is 1. The van der Waals surface area contributed by atoms with Gasteiger partial charge < -0.3 is 14.8 Å². The van der Waals surface area contributed by atoms with Gasteiger partial charge in [0.1, 0.15) is 22.7 Å². The summed E-state index contributed by atoms with van der Waals surface area (Å²) in [5.41, 5.74) is 0.947. The number of hydrogen-bond donors (Lipinski definition) is 3. The molecule has 110 valence electrons. The van der Waals surface area contributed by atoms with E-state index in [4.69, 9.17) is 9.83 Å². The summed E-state index contributed by atoms with van der Waals surface area (Å²) in [6.45, 7) is 1.82. The van der Waals surface area contributed by atoms with Crippen molar-refractivity contribution in [2.24, 2.45) is 0 Å². The molecule has 0 aliphatic heterocycles. The Morgan fingerprint density at radius 2 is 2.09 bits per heavy atom. The molecule has 0 saturated carbocycles. The number of fused-ring (bicyclic) bond motifs is 1. The van der Waals surface area contributed by atoms with Crippen molar-refractivity contribution < 1.29 is 14.3 Å². The average molecular weight is 295 g/mol. The zero-order valence-electron chi connectivity index (χ0n) is 11.8. The molecule has 2 aromatic heterocycles. The van der Waals surface area contributed by atoms with E-state index in [1.54, 1.807) is 24.3 Å². The maximum absolute atomic E-state index is 12.3. The van der Waals surface area contributed by atoms with E-state index in [-0.39, 0.29) is 16.9 Å². The first-order valence-electron chi connectivity index (χ1n) is 6.59. The van der Waals surface area contributed by atoms with Crippen molar-refractivity contribution in [3.8, 4) is 5.75 Å². The molecular weight excluding hydrogens is 282 g/mol. The number of nitrogens with zero attached hydrogens (tertiary/aromatic N) is 1. The lowest BCUT2D eigenvalue weighted by atomic mass is 10.1. The Morgan fingerprint density at radius 1 is 1.27 bits per heavy atom. The Labute approximate surface area is 125 Å². The van der Waals surface area contributed by atoms with Crippen LogP contribution in [0.15, 0.2) is 46.9 Å². The quantitative estimate of drug-likeness (QED) is 0.676. The molecule has 0 unspecified atom stereocenters. The number of phenolic OH excluding ortho intramolecular Hbond substituents is 1. The van der Waals surface area contributed by atoms with Crippen LogP contribution < -0.4 is 10.9 Å². The molecule has 0 atom stereocenters. The fourth-order valence-corrected chi connectivity index (χ4v) is 2.08. The number of pyridine rings is 1. The first-order chi connectivity index (χ1) is 10.5. The summed E-state index contributed by atoms with van der Waals surface area (Å²) >= 11 is 0. The van der Waals surface area contributed by atoms with Gasteiger partial charge in [0.15, 0.2) is 0 Å². The number of rotatable bonds is 2. The SMILES string of the molecule is Cc1cccc(NC(=O)c2cc3ccc(O)cc3oc2=N)n1. The molecule has 6 nitrogen and oxygen atoms in total. The molecule has 0 spiro atoms. The number of phenols is 1. The summed E-state index contributed by atoms with van der Waals surface area (Å²) in [4.78, 5) is 16.5. The van der Waals surface area contributed by atoms with Gasteiger partial charge in [0.05, 0.1) is 0 Å². The van der Waals surface area contributed by atoms with Crippen LogP contribution in [0.5, 0.6) is 5.75 Å². The van der Waals surface area contributed by atoms with Gasteiger partial charge in [-0.3, -0.25) is 10.2 Å². The van der Waals surface area contributed by atoms with Gasteiger partial charge in [0, 0.05) is 17.1 Å². The van der Waals surface area contributed by atoms with Gasteiger partial charge in [-0.25, -0.2) is 4.98 Å². The summed E-state index contributed by atoms with van der Waals surface area (Å²) in [6.07, 6.45) is 0. The van der Waals surface area contributed by atoms with Crippen LogP contribution in [-0.4, -0.2) is 16.0 Å². The number of aromatic nitrogens is 1. The van der Waals surface area contributed by atoms with Crippen molar-refractivity contribution in [1.29, 1.82) is 5.41 Å². The third-order valence-electron chi connectivity index (χ3n) is 3.13. The molecule has 0 aliphatic carbocycles. The first kappa shape index (κ1) is 13.8. The minimum atomic E-state index is -0.471. The van der Waals surface area contributed by atoms with E-state index in [0.29, 0.717) is 16.8 Å². The number of benzene rings is 1. The summed E-state index contributed by atoms with van der Waals surface area (Å²) in [5, 5.41) is 20.5. The lowest BCUT2D eigenvalue weighted by molar-refractivity contribution is 0.102. The third-order valence-corrected chi connectivity index (χ3v) is 3.13. The smallest absolute Gasteiger partial charge is 0.262 e. The Kier molecular flexibility index (Phi) is 3.34. The summed E-state index contributed by atoms with van der Waals surface area (Å²) in [5.74, 6) is -0.0196. The van der Waals surface area contributed by atoms with Gasteiger partial charge in [-0.2, -0.15) is 0 Å². The highest BCUT2D eigenvalue weighted by Gasteiger charge is 2.12. The Hall–Kier alpha value is -3.15. The normalized spacial score (nSPS) is 10.6. The number of anilines is 1. The molecule has 3 rings (SSSR count). The van der Waals surface area contributed by atoms with Crippen LogP contribution in [0.2, 0.25) is 0 Å². The number of aromatic hydroxyl groups is 1. The molecule has 2 heterocycles. The molecule has 3 N–H and O–H groups in total. The molecule has 6 heteroatoms. The van der Waals surface area contributed by atoms with E-state index < -0.39 is 5.91 Å². The number of amides is 1. The maximum atomic E-state index is 12.3. The number of aryl methyl sites for hydroxylation is 1. The molecule has 3 aromatic rings. The topological polar surface area (TPSA) is 99.2 Å². The second-order valence-corrected chi connectivity index (χ2v) is 4.83. The van der Waals surface area contributed by atoms with Crippen LogP contribution in [0.1, 0.15) is 16.1 Å². The molecule has 0 aliphatic rings. The lowest BCUT2D eigenvalue weighted by Gasteiger charge is -2.06. The molecule has 0 saturated heterocycles. The highest BCUT2D eigenvalue weighted by Crippen LogP contribution is 2.19. The van der Waals surface area contributed by atoms with E-state index in [2.05, 4.69) is 10.3 Å². The number of hydrogen-bond acceptors (Lipinski definition) is 5. The predicted molar refractivity (Wildman–Crippen MR) is 80.7 cm³/mol. The van der Waals surface area contributed by atoms with E-state index in [1.165, 1.54) is 12.1 Å². The highest BCUT2D eigenvalue weighted by atomic mass is 16.3. The van der Waals surface area contributed by atoms with Crippen molar-refractivity contribution in [3.05, 3.63) is 59.3 Å². The lowest BCUT2D eigenvalue weighted by Crippen LogP contribution is -2.21. The second-order valence-electron chi connectivity index (χ2n) is 4.83. The zero-order valence-corrected chi connectivity index (χ0v) is 11.8. The summed E-state index contributed by atoms with van der Waals surface area (Å²) in [7, 11) is 0. The van der Waals surface area contributed by atoms with Gasteiger partial charge >= 0.3 is 0 Å². The van der Waals surface area contributed by atoms with Gasteiger partial charge in [0.25, 0.3) is 5.91 Å². The minimum absolute atomic E-state index is 0.0387. The van der Waals surface area contributed by atoms with Crippen molar-refractivity contribution >= 4 is 22.7 Å². The third kappa shape index (κ3) is 2.67. The van der Waals surface area contributed by atoms with Crippen LogP contribution in [0.25, 0.3) is 11.0 Å². The van der Waals surface area contributed by atoms with Crippen molar-refractivity contribution in [2.75, 3.05) is 5.32 Å². The predicted octanol–water partition coefficient (Wildman–Crippen LogP) is 2.57. The molecule has 1 aromatic carbocycles. The van der Waals surface area contributed by atoms with Crippen molar-refractivity contribution in [1.82, 2.24) is 4.98 Å². The first-order valence-corrected chi connectivity index (χ1v) is 6.59. The highest BCUT2D eigenvalue weighted by molar-refractivity contribution is 6.04. The van der Waals surface area contributed by atoms with Crippen LogP contribution in [0, 0.1) is 12.3 Å². The van der Waals surface area contributed by atoms with E-state index in [9.17, 15) is 9.90 Å². The summed E-state index contributed by atoms with van der Waals surface area (Å²) < 4.78 is 5.28. The Balaban J connectivity index is 1.98. The molecule has 22 heavy (non-hydrogen) atoms. The van der Waals surface area contributed by atoms with Crippen LogP contribution in [-0.2, 0) is 0 Å². The Bertz CT molecular complexity index is 931. The molecule has 0 bridgehead atoms. The van der Waals surface area contributed by atoms with E-state index >= 15 is 0 Å². The van der Waals surface area contributed by atoms with Gasteiger partial charge in [-0.15, -0.1) is 0 Å². The molecular formula is C16H13N3O3. The monoisotopic (exact) mass is 295 g/mol. The Morgan fingerprint density at radius 3 is 2.86 bits per heavy atom. The fraction of sp³-hybridized carbons (Fsp3) is 0.0625. The van der Waals surface area contributed by atoms with Crippen LogP contribution >= 0.6 is 0 Å². The van der Waals surface area contributed by atoms with Crippen molar-refractivity contribution in [3.63, 3.8) is 0 Å². The largest absolute Gasteiger partial charge is 0.508 e. The van der Waals surface area contributed by atoms with Gasteiger partial charge in [-0.05, 0) is 37.3 Å². The maximum Gasteiger partial charge on any atom is 0.262 e. The van der Waals surface area contributed by atoms with Gasteiger partial charge in [-0.1, -0.05) is 6.07 Å². The second kappa shape index (κ2) is 5.33. The minimum Gasteiger partial charge on any atom is -0.508 e. The summed E-state index contributed by atoms with van der Waals surface area (Å²) in [6, 6.07) is 11.3. The van der Waals surface area contributed by atoms with Crippen LogP contribution in [0.4, 0.5) is 5.82 Å². The molecule has 0 fully saturated rings. The molecule has 1 amide bonds. The zero-order chi connectivity index (χ0) is 15.7.